The molecule has 1 unspecified atom stereocenters. The number of nitrogens with zero attached hydrogens (tertiary/aromatic N) is 1. The lowest BCUT2D eigenvalue weighted by Gasteiger charge is -2.06. The molecule has 9 heavy (non-hydrogen) atoms. The van der Waals surface area contributed by atoms with Crippen LogP contribution < -0.4 is 0 Å². The summed E-state index contributed by atoms with van der Waals surface area (Å²) >= 11 is 0. The van der Waals surface area contributed by atoms with E-state index in [4.69, 9.17) is 5.26 Å². The molecule has 0 N–H and O–H groups in total. The Labute approximate surface area is 55.3 Å². The quantitative estimate of drug-likeness (QED) is 0.447. The zero-order valence-corrected chi connectivity index (χ0v) is 5.46. The number of nitriles is 1. The first-order valence-corrected chi connectivity index (χ1v) is 3.07. The summed E-state index contributed by atoms with van der Waals surface area (Å²) in [5.74, 6) is 0.0405. The number of hydrogen-bond donors (Lipinski definition) is 0. The second-order valence-electron chi connectivity index (χ2n) is 2.22. The SMILES string of the molecule is CC1=CCC=CC1C#N. The van der Waals surface area contributed by atoms with Gasteiger partial charge in [-0.3, -0.25) is 0 Å². The lowest BCUT2D eigenvalue weighted by Crippen LogP contribution is -1.96. The maximum Gasteiger partial charge on any atom is 0.0851 e. The van der Waals surface area contributed by atoms with Gasteiger partial charge in [-0.1, -0.05) is 23.8 Å². The molecule has 0 aromatic carbocycles. The zero-order chi connectivity index (χ0) is 6.69. The van der Waals surface area contributed by atoms with Crippen molar-refractivity contribution in [1.29, 1.82) is 5.26 Å². The molecule has 0 saturated heterocycles. The second-order valence-corrected chi connectivity index (χ2v) is 2.22. The van der Waals surface area contributed by atoms with Crippen LogP contribution in [0.15, 0.2) is 23.8 Å². The van der Waals surface area contributed by atoms with Crippen LogP contribution in [0.5, 0.6) is 0 Å². The Balaban J connectivity index is 2.73. The predicted octanol–water partition coefficient (Wildman–Crippen LogP) is 2.03. The van der Waals surface area contributed by atoms with Crippen molar-refractivity contribution in [3.63, 3.8) is 0 Å². The third kappa shape index (κ3) is 1.20. The Morgan fingerprint density at radius 3 is 3.00 bits per heavy atom. The largest absolute Gasteiger partial charge is 0.197 e. The third-order valence-electron chi connectivity index (χ3n) is 1.53. The van der Waals surface area contributed by atoms with Crippen molar-refractivity contribution in [2.45, 2.75) is 13.3 Å². The summed E-state index contributed by atoms with van der Waals surface area (Å²) in [7, 11) is 0. The highest BCUT2D eigenvalue weighted by Crippen LogP contribution is 2.16. The van der Waals surface area contributed by atoms with Gasteiger partial charge in [-0.25, -0.2) is 0 Å². The molecule has 0 bridgehead atoms. The van der Waals surface area contributed by atoms with Crippen LogP contribution >= 0.6 is 0 Å². The van der Waals surface area contributed by atoms with E-state index in [0.29, 0.717) is 0 Å². The van der Waals surface area contributed by atoms with Crippen LogP contribution in [-0.2, 0) is 0 Å². The third-order valence-corrected chi connectivity index (χ3v) is 1.53. The summed E-state index contributed by atoms with van der Waals surface area (Å²) < 4.78 is 0. The van der Waals surface area contributed by atoms with Gasteiger partial charge in [0.25, 0.3) is 0 Å². The van der Waals surface area contributed by atoms with Crippen LogP contribution in [0.1, 0.15) is 13.3 Å². The van der Waals surface area contributed by atoms with Gasteiger partial charge in [0.1, 0.15) is 0 Å². The fraction of sp³-hybridized carbons (Fsp3) is 0.375. The molecule has 0 amide bonds. The maximum atomic E-state index is 8.52. The molecule has 1 aliphatic rings. The van der Waals surface area contributed by atoms with Crippen LogP contribution in [0.4, 0.5) is 0 Å². The average molecular weight is 119 g/mol. The lowest BCUT2D eigenvalue weighted by molar-refractivity contribution is 0.939. The van der Waals surface area contributed by atoms with E-state index in [1.54, 1.807) is 0 Å². The standard InChI is InChI=1S/C8H9N/c1-7-4-2-3-5-8(7)6-9/h3-5,8H,2H2,1H3. The summed E-state index contributed by atoms with van der Waals surface area (Å²) in [6.07, 6.45) is 7.06. The van der Waals surface area contributed by atoms with Gasteiger partial charge >= 0.3 is 0 Å². The molecule has 0 aromatic heterocycles. The van der Waals surface area contributed by atoms with Crippen LogP contribution in [0, 0.1) is 17.2 Å². The highest BCUT2D eigenvalue weighted by atomic mass is 14.3. The first-order chi connectivity index (χ1) is 4.34. The van der Waals surface area contributed by atoms with Crippen molar-refractivity contribution in [3.8, 4) is 6.07 Å². The maximum absolute atomic E-state index is 8.52. The van der Waals surface area contributed by atoms with E-state index >= 15 is 0 Å². The van der Waals surface area contributed by atoms with Crippen molar-refractivity contribution in [2.75, 3.05) is 0 Å². The Hall–Kier alpha value is -1.03. The molecule has 1 nitrogen and oxygen atoms in total. The van der Waals surface area contributed by atoms with Gasteiger partial charge in [0.2, 0.25) is 0 Å². The molecule has 0 heterocycles. The zero-order valence-electron chi connectivity index (χ0n) is 5.46. The highest BCUT2D eigenvalue weighted by molar-refractivity contribution is 5.24. The molecule has 0 fully saturated rings. The molecule has 0 saturated carbocycles. The Morgan fingerprint density at radius 1 is 1.78 bits per heavy atom. The van der Waals surface area contributed by atoms with Crippen LogP contribution in [0.2, 0.25) is 0 Å². The monoisotopic (exact) mass is 119 g/mol. The number of rotatable bonds is 0. The van der Waals surface area contributed by atoms with E-state index in [1.807, 2.05) is 19.1 Å². The van der Waals surface area contributed by atoms with Gasteiger partial charge in [0.05, 0.1) is 12.0 Å². The summed E-state index contributed by atoms with van der Waals surface area (Å²) in [6, 6.07) is 2.20. The van der Waals surface area contributed by atoms with Crippen LogP contribution in [0.3, 0.4) is 0 Å². The van der Waals surface area contributed by atoms with Crippen molar-refractivity contribution in [2.24, 2.45) is 5.92 Å². The van der Waals surface area contributed by atoms with Crippen molar-refractivity contribution in [1.82, 2.24) is 0 Å². The normalized spacial score (nSPS) is 24.9. The van der Waals surface area contributed by atoms with E-state index in [1.165, 1.54) is 5.57 Å². The summed E-state index contributed by atoms with van der Waals surface area (Å²) in [4.78, 5) is 0. The van der Waals surface area contributed by atoms with Gasteiger partial charge in [-0.15, -0.1) is 0 Å². The molecular weight excluding hydrogens is 110 g/mol. The van der Waals surface area contributed by atoms with E-state index in [0.717, 1.165) is 6.42 Å². The highest BCUT2D eigenvalue weighted by Gasteiger charge is 2.06. The minimum atomic E-state index is 0.0405. The van der Waals surface area contributed by atoms with E-state index in [2.05, 4.69) is 12.1 Å². The fourth-order valence-electron chi connectivity index (χ4n) is 0.892. The van der Waals surface area contributed by atoms with E-state index in [9.17, 15) is 0 Å². The Morgan fingerprint density at radius 2 is 2.56 bits per heavy atom. The Kier molecular flexibility index (Phi) is 1.69. The van der Waals surface area contributed by atoms with Crippen molar-refractivity contribution >= 4 is 0 Å². The van der Waals surface area contributed by atoms with Crippen LogP contribution in [0.25, 0.3) is 0 Å². The molecule has 46 valence electrons. The fourth-order valence-corrected chi connectivity index (χ4v) is 0.892. The minimum absolute atomic E-state index is 0.0405. The molecule has 0 spiro atoms. The van der Waals surface area contributed by atoms with E-state index < -0.39 is 0 Å². The predicted molar refractivity (Wildman–Crippen MR) is 36.6 cm³/mol. The number of hydrogen-bond acceptors (Lipinski definition) is 1. The minimum Gasteiger partial charge on any atom is -0.197 e. The van der Waals surface area contributed by atoms with Crippen LogP contribution in [-0.4, -0.2) is 0 Å². The summed E-state index contributed by atoms with van der Waals surface area (Å²) in [5.41, 5.74) is 1.18. The first kappa shape index (κ1) is 6.10. The van der Waals surface area contributed by atoms with Gasteiger partial charge < -0.3 is 0 Å². The smallest absolute Gasteiger partial charge is 0.0851 e. The van der Waals surface area contributed by atoms with Crippen molar-refractivity contribution < 1.29 is 0 Å². The molecule has 0 aromatic rings. The lowest BCUT2D eigenvalue weighted by atomic mass is 9.96. The Bertz CT molecular complexity index is 193. The summed E-state index contributed by atoms with van der Waals surface area (Å²) in [5, 5.41) is 8.52. The molecular formula is C8H9N. The first-order valence-electron chi connectivity index (χ1n) is 3.07. The molecule has 0 radical (unpaired) electrons. The molecule has 1 atom stereocenters. The van der Waals surface area contributed by atoms with Gasteiger partial charge in [-0.2, -0.15) is 5.26 Å². The van der Waals surface area contributed by atoms with Gasteiger partial charge in [0, 0.05) is 0 Å². The van der Waals surface area contributed by atoms with Crippen molar-refractivity contribution in [3.05, 3.63) is 23.8 Å². The molecule has 1 rings (SSSR count). The summed E-state index contributed by atoms with van der Waals surface area (Å²) in [6.45, 7) is 2.00. The average Bonchev–Trinajstić information content (AvgIpc) is 1.89. The number of allylic oxidation sites excluding steroid dienone is 4. The van der Waals surface area contributed by atoms with E-state index in [-0.39, 0.29) is 5.92 Å². The second kappa shape index (κ2) is 2.50. The van der Waals surface area contributed by atoms with Gasteiger partial charge in [-0.05, 0) is 13.3 Å². The van der Waals surface area contributed by atoms with Gasteiger partial charge in [0.15, 0.2) is 0 Å². The molecule has 1 aliphatic carbocycles. The molecule has 0 aliphatic heterocycles. The molecule has 1 heteroatoms. The topological polar surface area (TPSA) is 23.8 Å².